The molecule has 2 aromatic rings. The summed E-state index contributed by atoms with van der Waals surface area (Å²) in [7, 11) is 1.25. The topological polar surface area (TPSA) is 193 Å². The van der Waals surface area contributed by atoms with Gasteiger partial charge in [-0.1, -0.05) is 75.6 Å². The van der Waals surface area contributed by atoms with Gasteiger partial charge in [-0.05, 0) is 32.1 Å². The highest BCUT2D eigenvalue weighted by Crippen LogP contribution is 2.40. The van der Waals surface area contributed by atoms with Crippen LogP contribution in [0.5, 0.6) is 0 Å². The molecule has 53 heavy (non-hydrogen) atoms. The zero-order chi connectivity index (χ0) is 38.0. The van der Waals surface area contributed by atoms with Crippen LogP contribution >= 0.6 is 23.3 Å². The highest BCUT2D eigenvalue weighted by molar-refractivity contribution is 8.00. The van der Waals surface area contributed by atoms with Gasteiger partial charge in [0.15, 0.2) is 24.1 Å². The number of rotatable bonds is 24. The Balaban J connectivity index is 1.15. The minimum Gasteiger partial charge on any atom is -0.543 e. The number of carboxylic acid groups (broad SMARTS) is 1. The monoisotopic (exact) mass is 769 g/mol. The SMILES string of the molecule is CCCCCCCC/C=C\CCCCCCCC(=O)OCc1cc[n+](CC2=C(C(=O)[O-])N3C(=O)C(NC(=O)C(=NOC)c4nsc(N)n4)[C@H]3SC2)cc1. The maximum atomic E-state index is 13.1. The molecule has 3 N–H and O–H groups in total. The van der Waals surface area contributed by atoms with Crippen molar-refractivity contribution in [3.8, 4) is 0 Å². The number of nitrogens with one attached hydrogen (secondary N) is 1. The van der Waals surface area contributed by atoms with Gasteiger partial charge in [0.05, 0.1) is 11.7 Å². The largest absolute Gasteiger partial charge is 0.543 e. The summed E-state index contributed by atoms with van der Waals surface area (Å²) in [5, 5.41) is 18.0. The predicted molar refractivity (Wildman–Crippen MR) is 201 cm³/mol. The number of anilines is 1. The highest BCUT2D eigenvalue weighted by atomic mass is 32.2. The maximum absolute atomic E-state index is 13.1. The molecule has 4 rings (SSSR count). The molecular weight excluding hydrogens is 719 g/mol. The Labute approximate surface area is 319 Å². The van der Waals surface area contributed by atoms with Crippen LogP contribution in [-0.4, -0.2) is 68.0 Å². The second-order valence-electron chi connectivity index (χ2n) is 13.1. The van der Waals surface area contributed by atoms with Gasteiger partial charge >= 0.3 is 5.97 Å². The molecule has 16 heteroatoms. The number of amides is 2. The van der Waals surface area contributed by atoms with Crippen molar-refractivity contribution in [1.82, 2.24) is 19.6 Å². The quantitative estimate of drug-likeness (QED) is 0.0299. The van der Waals surface area contributed by atoms with Crippen LogP contribution in [0.15, 0.2) is 53.1 Å². The van der Waals surface area contributed by atoms with Crippen LogP contribution in [-0.2, 0) is 41.9 Å². The first kappa shape index (κ1) is 41.4. The number of carboxylic acids is 1. The van der Waals surface area contributed by atoms with Crippen LogP contribution in [0.2, 0.25) is 0 Å². The molecular formula is C37H51N7O7S2. The number of β-lactam (4-membered cyclic amide) rings is 1. The molecule has 1 saturated heterocycles. The summed E-state index contributed by atoms with van der Waals surface area (Å²) in [5.41, 5.74) is 6.42. The van der Waals surface area contributed by atoms with Gasteiger partial charge in [-0.25, -0.2) is 4.57 Å². The standard InChI is InChI=1S/C37H51N7O7S2/c1-3-4-5-6-7-8-9-10-11-12-13-14-15-16-17-18-28(45)51-24-26-19-21-43(22-20-26)23-27-25-52-35-30(34(47)44(35)31(27)36(48)49)39-33(46)29(41-50-2)32-40-37(38)53-42-32/h10-11,19-22,30,35H,3-9,12-18,23-25H2,1-2H3,(H3-,38,39,40,42,46,48,49)/b11-10-,41-29?/t30?,35-/m1/s1. The number of oxime groups is 1. The van der Waals surface area contributed by atoms with E-state index in [-0.39, 0.29) is 47.2 Å². The molecule has 0 spiro atoms. The molecule has 1 fully saturated rings. The zero-order valence-corrected chi connectivity index (χ0v) is 32.3. The number of esters is 1. The van der Waals surface area contributed by atoms with E-state index < -0.39 is 29.2 Å². The lowest BCUT2D eigenvalue weighted by Gasteiger charge is -2.50. The molecule has 2 amide bonds. The minimum atomic E-state index is -1.48. The molecule has 2 aromatic heterocycles. The number of ether oxygens (including phenoxy) is 1. The van der Waals surface area contributed by atoms with E-state index in [0.29, 0.717) is 12.0 Å². The molecule has 2 aliphatic rings. The number of carbonyl (C=O) groups is 4. The van der Waals surface area contributed by atoms with Crippen molar-refractivity contribution in [3.63, 3.8) is 0 Å². The van der Waals surface area contributed by atoms with E-state index in [4.69, 9.17) is 15.3 Å². The zero-order valence-electron chi connectivity index (χ0n) is 30.6. The Morgan fingerprint density at radius 1 is 1.06 bits per heavy atom. The second-order valence-corrected chi connectivity index (χ2v) is 14.9. The Kier molecular flexibility index (Phi) is 17.2. The van der Waals surface area contributed by atoms with Crippen LogP contribution in [0.25, 0.3) is 0 Å². The van der Waals surface area contributed by atoms with Crippen LogP contribution in [0, 0.1) is 0 Å². The lowest BCUT2D eigenvalue weighted by molar-refractivity contribution is -0.689. The normalized spacial score (nSPS) is 17.1. The van der Waals surface area contributed by atoms with Crippen LogP contribution in [0.4, 0.5) is 5.13 Å². The Morgan fingerprint density at radius 2 is 1.72 bits per heavy atom. The molecule has 0 aromatic carbocycles. The van der Waals surface area contributed by atoms with E-state index >= 15 is 0 Å². The molecule has 0 aliphatic carbocycles. The molecule has 0 saturated carbocycles. The summed E-state index contributed by atoms with van der Waals surface area (Å²) in [5.74, 6) is -2.84. The van der Waals surface area contributed by atoms with E-state index in [1.165, 1.54) is 76.7 Å². The molecule has 4 heterocycles. The minimum absolute atomic E-state index is 0.0562. The van der Waals surface area contributed by atoms with Gasteiger partial charge in [0.2, 0.25) is 11.5 Å². The fourth-order valence-electron chi connectivity index (χ4n) is 6.10. The summed E-state index contributed by atoms with van der Waals surface area (Å²) in [4.78, 5) is 60.5. The van der Waals surface area contributed by atoms with Gasteiger partial charge < -0.3 is 30.5 Å². The van der Waals surface area contributed by atoms with E-state index in [0.717, 1.165) is 47.7 Å². The third kappa shape index (κ3) is 12.7. The second kappa shape index (κ2) is 22.0. The number of aliphatic carboxylic acids is 1. The first-order chi connectivity index (χ1) is 25.7. The van der Waals surface area contributed by atoms with Crippen LogP contribution < -0.4 is 20.7 Å². The lowest BCUT2D eigenvalue weighted by atomic mass is 10.0. The van der Waals surface area contributed by atoms with E-state index in [1.54, 1.807) is 29.1 Å². The number of nitrogens with two attached hydrogens (primary N) is 1. The summed E-state index contributed by atoms with van der Waals surface area (Å²) in [6.07, 6.45) is 24.2. The van der Waals surface area contributed by atoms with E-state index in [1.807, 2.05) is 0 Å². The van der Waals surface area contributed by atoms with Gasteiger partial charge in [0.1, 0.15) is 25.1 Å². The number of hydrogen-bond donors (Lipinski definition) is 2. The maximum Gasteiger partial charge on any atom is 0.306 e. The third-order valence-corrected chi connectivity index (χ3v) is 10.8. The van der Waals surface area contributed by atoms with Crippen molar-refractivity contribution in [2.24, 2.45) is 5.16 Å². The first-order valence-electron chi connectivity index (χ1n) is 18.4. The Hall–Kier alpha value is -4.31. The fourth-order valence-corrected chi connectivity index (χ4v) is 7.87. The number of nitrogens with zero attached hydrogens (tertiary/aromatic N) is 5. The van der Waals surface area contributed by atoms with Gasteiger partial charge in [-0.2, -0.15) is 9.36 Å². The van der Waals surface area contributed by atoms with Gasteiger partial charge in [-0.3, -0.25) is 19.3 Å². The molecule has 288 valence electrons. The molecule has 2 atom stereocenters. The molecule has 14 nitrogen and oxygen atoms in total. The van der Waals surface area contributed by atoms with Gasteiger partial charge in [0.25, 0.3) is 11.8 Å². The number of aromatic nitrogens is 3. The van der Waals surface area contributed by atoms with Crippen LogP contribution in [0.3, 0.4) is 0 Å². The first-order valence-corrected chi connectivity index (χ1v) is 20.2. The average molecular weight is 770 g/mol. The number of hydrogen-bond acceptors (Lipinski definition) is 13. The van der Waals surface area contributed by atoms with Crippen molar-refractivity contribution in [1.29, 1.82) is 0 Å². The average Bonchev–Trinajstić information content (AvgIpc) is 3.59. The van der Waals surface area contributed by atoms with Crippen molar-refractivity contribution < 1.29 is 38.4 Å². The number of pyridine rings is 1. The van der Waals surface area contributed by atoms with Crippen molar-refractivity contribution >= 4 is 57.9 Å². The molecule has 0 bridgehead atoms. The fraction of sp³-hybridized carbons (Fsp3) is 0.568. The molecule has 2 aliphatic heterocycles. The van der Waals surface area contributed by atoms with Gasteiger partial charge in [-0.15, -0.1) is 11.8 Å². The van der Waals surface area contributed by atoms with E-state index in [9.17, 15) is 24.3 Å². The number of thioether (sulfide) groups is 1. The van der Waals surface area contributed by atoms with Crippen molar-refractivity contribution in [2.75, 3.05) is 18.6 Å². The number of unbranched alkanes of at least 4 members (excludes halogenated alkanes) is 11. The molecule has 1 unspecified atom stereocenters. The summed E-state index contributed by atoms with van der Waals surface area (Å²) >= 11 is 2.19. The number of allylic oxidation sites excluding steroid dienone is 2. The number of nitrogen functional groups attached to an aromatic ring is 1. The highest BCUT2D eigenvalue weighted by Gasteiger charge is 2.53. The summed E-state index contributed by atoms with van der Waals surface area (Å²) in [6.45, 7) is 2.59. The predicted octanol–water partition coefficient (Wildman–Crippen LogP) is 3.94. The van der Waals surface area contributed by atoms with E-state index in [2.05, 4.69) is 38.9 Å². The van der Waals surface area contributed by atoms with Crippen molar-refractivity contribution in [3.05, 3.63) is 59.3 Å². The third-order valence-electron chi connectivity index (χ3n) is 8.95. The lowest BCUT2D eigenvalue weighted by Crippen LogP contribution is -2.71. The number of fused-ring (bicyclic) bond motifs is 1. The summed E-state index contributed by atoms with van der Waals surface area (Å²) < 4.78 is 11.2. The Bertz CT molecular complexity index is 1630. The number of carbonyl (C=O) groups excluding carboxylic acids is 4. The van der Waals surface area contributed by atoms with Crippen LogP contribution in [0.1, 0.15) is 108 Å². The van der Waals surface area contributed by atoms with Gasteiger partial charge in [0, 0.05) is 47.0 Å². The Morgan fingerprint density at radius 3 is 2.34 bits per heavy atom. The van der Waals surface area contributed by atoms with Crippen molar-refractivity contribution in [2.45, 2.75) is 121 Å². The smallest absolute Gasteiger partial charge is 0.306 e. The summed E-state index contributed by atoms with van der Waals surface area (Å²) in [6, 6.07) is 2.60. The molecule has 0 radical (unpaired) electrons.